The number of nitrogens with zero attached hydrogens (tertiary/aromatic N) is 3. The number of pyridine rings is 1. The molecular formula is C17H20Cl2N4O. The Bertz CT molecular complexity index is 751. The molecule has 24 heavy (non-hydrogen) atoms. The number of hydrazone groups is 1. The van der Waals surface area contributed by atoms with E-state index in [0.29, 0.717) is 22.0 Å². The molecule has 128 valence electrons. The molecule has 2 aromatic heterocycles. The quantitative estimate of drug-likeness (QED) is 0.628. The van der Waals surface area contributed by atoms with E-state index in [2.05, 4.69) is 40.0 Å². The summed E-state index contributed by atoms with van der Waals surface area (Å²) < 4.78 is 8.02. The number of halogens is 2. The van der Waals surface area contributed by atoms with Crippen molar-refractivity contribution in [2.24, 2.45) is 5.10 Å². The SMILES string of the molecule is Cc1cc(/C=N\Nc2ncc(Cl)cc2Cl)c(C)n1C[C@@H]1CCCO1. The number of ether oxygens (including phenoxy) is 1. The van der Waals surface area contributed by atoms with E-state index < -0.39 is 0 Å². The van der Waals surface area contributed by atoms with Crippen molar-refractivity contribution < 1.29 is 4.74 Å². The van der Waals surface area contributed by atoms with Gasteiger partial charge in [-0.2, -0.15) is 5.10 Å². The average molecular weight is 367 g/mol. The molecule has 0 aliphatic carbocycles. The summed E-state index contributed by atoms with van der Waals surface area (Å²) in [5, 5.41) is 5.17. The first-order valence-electron chi connectivity index (χ1n) is 7.93. The van der Waals surface area contributed by atoms with Crippen LogP contribution in [0, 0.1) is 13.8 Å². The third-order valence-corrected chi connectivity index (χ3v) is 4.70. The number of nitrogens with one attached hydrogen (secondary N) is 1. The summed E-state index contributed by atoms with van der Waals surface area (Å²) in [4.78, 5) is 4.11. The van der Waals surface area contributed by atoms with Gasteiger partial charge in [-0.15, -0.1) is 0 Å². The molecule has 7 heteroatoms. The number of anilines is 1. The lowest BCUT2D eigenvalue weighted by atomic mass is 10.2. The Labute approximate surface area is 151 Å². The Morgan fingerprint density at radius 2 is 2.25 bits per heavy atom. The molecule has 1 atom stereocenters. The second kappa shape index (κ2) is 7.55. The maximum absolute atomic E-state index is 6.07. The second-order valence-electron chi connectivity index (χ2n) is 5.93. The van der Waals surface area contributed by atoms with Crippen molar-refractivity contribution in [2.75, 3.05) is 12.0 Å². The van der Waals surface area contributed by atoms with Gasteiger partial charge < -0.3 is 9.30 Å². The van der Waals surface area contributed by atoms with E-state index in [-0.39, 0.29) is 0 Å². The lowest BCUT2D eigenvalue weighted by Gasteiger charge is -2.14. The molecule has 1 aliphatic heterocycles. The fraction of sp³-hybridized carbons (Fsp3) is 0.412. The topological polar surface area (TPSA) is 51.4 Å². The van der Waals surface area contributed by atoms with Gasteiger partial charge in [-0.05, 0) is 38.8 Å². The summed E-state index contributed by atoms with van der Waals surface area (Å²) in [5.74, 6) is 0.477. The van der Waals surface area contributed by atoms with Crippen molar-refractivity contribution in [3.05, 3.63) is 45.3 Å². The first-order chi connectivity index (χ1) is 11.5. The average Bonchev–Trinajstić information content (AvgIpc) is 3.14. The Morgan fingerprint density at radius 3 is 2.96 bits per heavy atom. The molecule has 0 radical (unpaired) electrons. The molecule has 0 bridgehead atoms. The first kappa shape index (κ1) is 17.3. The van der Waals surface area contributed by atoms with Gasteiger partial charge >= 0.3 is 0 Å². The Kier molecular flexibility index (Phi) is 5.43. The summed E-state index contributed by atoms with van der Waals surface area (Å²) in [5.41, 5.74) is 6.28. The summed E-state index contributed by atoms with van der Waals surface area (Å²) in [6.45, 7) is 5.96. The number of hydrogen-bond acceptors (Lipinski definition) is 4. The van der Waals surface area contributed by atoms with Crippen LogP contribution in [0.5, 0.6) is 0 Å². The summed E-state index contributed by atoms with van der Waals surface area (Å²) >= 11 is 11.9. The second-order valence-corrected chi connectivity index (χ2v) is 6.77. The van der Waals surface area contributed by atoms with Crippen LogP contribution >= 0.6 is 23.2 Å². The zero-order valence-electron chi connectivity index (χ0n) is 13.7. The summed E-state index contributed by atoms with van der Waals surface area (Å²) in [6, 6.07) is 3.74. The van der Waals surface area contributed by atoms with E-state index in [1.165, 1.54) is 17.6 Å². The van der Waals surface area contributed by atoms with Crippen molar-refractivity contribution in [1.82, 2.24) is 9.55 Å². The minimum absolute atomic E-state index is 0.315. The molecule has 0 unspecified atom stereocenters. The van der Waals surface area contributed by atoms with Crippen molar-refractivity contribution in [3.8, 4) is 0 Å². The van der Waals surface area contributed by atoms with Crippen LogP contribution in [0.25, 0.3) is 0 Å². The Hall–Kier alpha value is -1.56. The molecule has 1 N–H and O–H groups in total. The molecule has 1 fully saturated rings. The number of aromatic nitrogens is 2. The number of aryl methyl sites for hydroxylation is 1. The van der Waals surface area contributed by atoms with E-state index in [1.54, 1.807) is 12.3 Å². The van der Waals surface area contributed by atoms with Crippen LogP contribution in [-0.4, -0.2) is 28.5 Å². The standard InChI is InChI=1S/C17H20Cl2N4O/c1-11-6-13(12(2)23(11)10-15-4-3-5-24-15)8-21-22-17-16(19)7-14(18)9-20-17/h6-9,15H,3-5,10H2,1-2H3,(H,20,22)/b21-8-/t15-/m0/s1. The number of rotatable bonds is 5. The predicted molar refractivity (Wildman–Crippen MR) is 98.4 cm³/mol. The van der Waals surface area contributed by atoms with Gasteiger partial charge in [0.05, 0.1) is 22.4 Å². The van der Waals surface area contributed by atoms with Gasteiger partial charge in [-0.25, -0.2) is 4.98 Å². The highest BCUT2D eigenvalue weighted by atomic mass is 35.5. The third-order valence-electron chi connectivity index (χ3n) is 4.20. The van der Waals surface area contributed by atoms with Gasteiger partial charge in [0.2, 0.25) is 0 Å². The maximum atomic E-state index is 6.07. The zero-order chi connectivity index (χ0) is 17.1. The smallest absolute Gasteiger partial charge is 0.165 e. The van der Waals surface area contributed by atoms with Crippen LogP contribution in [0.4, 0.5) is 5.82 Å². The van der Waals surface area contributed by atoms with Gasteiger partial charge in [-0.1, -0.05) is 23.2 Å². The van der Waals surface area contributed by atoms with Crippen LogP contribution in [0.2, 0.25) is 10.0 Å². The highest BCUT2D eigenvalue weighted by Gasteiger charge is 2.18. The van der Waals surface area contributed by atoms with Gasteiger partial charge in [0, 0.05) is 36.3 Å². The molecule has 5 nitrogen and oxygen atoms in total. The monoisotopic (exact) mass is 366 g/mol. The van der Waals surface area contributed by atoms with Crippen molar-refractivity contribution in [1.29, 1.82) is 0 Å². The number of hydrogen-bond donors (Lipinski definition) is 1. The van der Waals surface area contributed by atoms with Crippen LogP contribution in [0.15, 0.2) is 23.4 Å². The van der Waals surface area contributed by atoms with E-state index in [0.717, 1.165) is 31.6 Å². The van der Waals surface area contributed by atoms with Gasteiger partial charge in [-0.3, -0.25) is 5.43 Å². The normalized spacial score (nSPS) is 17.8. The van der Waals surface area contributed by atoms with Crippen LogP contribution in [-0.2, 0) is 11.3 Å². The Balaban J connectivity index is 1.70. The maximum Gasteiger partial charge on any atom is 0.165 e. The largest absolute Gasteiger partial charge is 0.376 e. The van der Waals surface area contributed by atoms with Gasteiger partial charge in [0.1, 0.15) is 0 Å². The molecule has 0 saturated carbocycles. The Morgan fingerprint density at radius 1 is 1.42 bits per heavy atom. The van der Waals surface area contributed by atoms with Gasteiger partial charge in [0.25, 0.3) is 0 Å². The molecule has 2 aromatic rings. The molecule has 1 aliphatic rings. The lowest BCUT2D eigenvalue weighted by molar-refractivity contribution is 0.0962. The van der Waals surface area contributed by atoms with E-state index in [1.807, 2.05) is 0 Å². The first-order valence-corrected chi connectivity index (χ1v) is 8.68. The van der Waals surface area contributed by atoms with Crippen molar-refractivity contribution in [3.63, 3.8) is 0 Å². The lowest BCUT2D eigenvalue weighted by Crippen LogP contribution is -2.16. The summed E-state index contributed by atoms with van der Waals surface area (Å²) in [7, 11) is 0. The van der Waals surface area contributed by atoms with Crippen molar-refractivity contribution in [2.45, 2.75) is 39.3 Å². The highest BCUT2D eigenvalue weighted by molar-refractivity contribution is 6.35. The molecule has 0 aromatic carbocycles. The summed E-state index contributed by atoms with van der Waals surface area (Å²) in [6.07, 6.45) is 5.90. The molecule has 1 saturated heterocycles. The van der Waals surface area contributed by atoms with E-state index in [4.69, 9.17) is 27.9 Å². The van der Waals surface area contributed by atoms with Gasteiger partial charge in [0.15, 0.2) is 5.82 Å². The molecule has 0 amide bonds. The molecule has 3 rings (SSSR count). The van der Waals surface area contributed by atoms with Crippen LogP contribution < -0.4 is 5.43 Å². The van der Waals surface area contributed by atoms with Crippen LogP contribution in [0.1, 0.15) is 29.8 Å². The fourth-order valence-electron chi connectivity index (χ4n) is 2.89. The fourth-order valence-corrected chi connectivity index (χ4v) is 3.31. The molecule has 0 spiro atoms. The molecule has 3 heterocycles. The third kappa shape index (κ3) is 3.91. The van der Waals surface area contributed by atoms with E-state index >= 15 is 0 Å². The minimum Gasteiger partial charge on any atom is -0.376 e. The van der Waals surface area contributed by atoms with Crippen molar-refractivity contribution >= 4 is 35.2 Å². The highest BCUT2D eigenvalue weighted by Crippen LogP contribution is 2.23. The minimum atomic E-state index is 0.315. The van der Waals surface area contributed by atoms with Crippen LogP contribution in [0.3, 0.4) is 0 Å². The zero-order valence-corrected chi connectivity index (χ0v) is 15.2. The predicted octanol–water partition coefficient (Wildman–Crippen LogP) is 4.43. The van der Waals surface area contributed by atoms with E-state index in [9.17, 15) is 0 Å². The molecular weight excluding hydrogens is 347 g/mol.